The first-order valence-corrected chi connectivity index (χ1v) is 7.83. The smallest absolute Gasteiger partial charge is 0.185 e. The van der Waals surface area contributed by atoms with Gasteiger partial charge in [0.05, 0.1) is 17.9 Å². The Labute approximate surface area is 123 Å². The zero-order chi connectivity index (χ0) is 14.1. The summed E-state index contributed by atoms with van der Waals surface area (Å²) in [5.41, 5.74) is 2.06. The molecule has 1 fully saturated rings. The molecule has 2 aromatic rings. The minimum Gasteiger partial charge on any atom is -0.360 e. The van der Waals surface area contributed by atoms with E-state index in [1.807, 2.05) is 19.9 Å². The molecular formula is C14H20N4OS. The highest BCUT2D eigenvalue weighted by molar-refractivity contribution is 7.13. The molecule has 0 aromatic carbocycles. The minimum absolute atomic E-state index is 0.471. The summed E-state index contributed by atoms with van der Waals surface area (Å²) in [5, 5.41) is 7.21. The Balaban J connectivity index is 1.62. The van der Waals surface area contributed by atoms with Gasteiger partial charge in [0.1, 0.15) is 0 Å². The topological polar surface area (TPSA) is 45.4 Å². The molecule has 1 aliphatic heterocycles. The Morgan fingerprint density at radius 2 is 2.20 bits per heavy atom. The number of anilines is 1. The third-order valence-electron chi connectivity index (χ3n) is 3.62. The third kappa shape index (κ3) is 2.86. The van der Waals surface area contributed by atoms with Gasteiger partial charge in [-0.25, -0.2) is 4.98 Å². The van der Waals surface area contributed by atoms with Crippen LogP contribution in [-0.4, -0.2) is 40.7 Å². The fourth-order valence-corrected chi connectivity index (χ4v) is 3.58. The molecular weight excluding hydrogens is 272 g/mol. The highest BCUT2D eigenvalue weighted by Gasteiger charge is 2.26. The van der Waals surface area contributed by atoms with Crippen LogP contribution in [0.15, 0.2) is 16.0 Å². The van der Waals surface area contributed by atoms with E-state index >= 15 is 0 Å². The number of hydrogen-bond donors (Lipinski definition) is 0. The van der Waals surface area contributed by atoms with Gasteiger partial charge in [-0.2, -0.15) is 0 Å². The van der Waals surface area contributed by atoms with E-state index in [0.717, 1.165) is 48.5 Å². The van der Waals surface area contributed by atoms with Gasteiger partial charge in [0, 0.05) is 37.1 Å². The van der Waals surface area contributed by atoms with E-state index in [0.29, 0.717) is 6.04 Å². The molecule has 1 atom stereocenters. The standard InChI is InChI=1S/C14H20N4OS/c1-10-6-13(19-16-10)8-17-4-5-18(12(3)7-17)14-15-11(2)9-20-14/h6,9,12H,4-5,7-8H2,1-3H3/t12-/m0/s1. The van der Waals surface area contributed by atoms with Crippen LogP contribution in [0.1, 0.15) is 24.1 Å². The van der Waals surface area contributed by atoms with Gasteiger partial charge in [-0.1, -0.05) is 5.16 Å². The van der Waals surface area contributed by atoms with Crippen molar-refractivity contribution in [2.75, 3.05) is 24.5 Å². The minimum atomic E-state index is 0.471. The van der Waals surface area contributed by atoms with Crippen molar-refractivity contribution >= 4 is 16.5 Å². The van der Waals surface area contributed by atoms with E-state index in [2.05, 4.69) is 32.2 Å². The van der Waals surface area contributed by atoms with Crippen molar-refractivity contribution in [3.8, 4) is 0 Å². The van der Waals surface area contributed by atoms with Crippen molar-refractivity contribution in [2.24, 2.45) is 0 Å². The molecule has 0 N–H and O–H groups in total. The second-order valence-electron chi connectivity index (χ2n) is 5.48. The summed E-state index contributed by atoms with van der Waals surface area (Å²) < 4.78 is 5.30. The number of thiazole rings is 1. The van der Waals surface area contributed by atoms with Gasteiger partial charge in [0.25, 0.3) is 0 Å². The van der Waals surface area contributed by atoms with Crippen LogP contribution < -0.4 is 4.90 Å². The van der Waals surface area contributed by atoms with Gasteiger partial charge < -0.3 is 9.42 Å². The quantitative estimate of drug-likeness (QED) is 0.869. The number of rotatable bonds is 3. The van der Waals surface area contributed by atoms with Gasteiger partial charge >= 0.3 is 0 Å². The first-order chi connectivity index (χ1) is 9.61. The van der Waals surface area contributed by atoms with Crippen LogP contribution in [0, 0.1) is 13.8 Å². The molecule has 3 rings (SSSR count). The average Bonchev–Trinajstić information content (AvgIpc) is 2.99. The van der Waals surface area contributed by atoms with E-state index in [1.54, 1.807) is 11.3 Å². The molecule has 108 valence electrons. The monoisotopic (exact) mass is 292 g/mol. The Morgan fingerprint density at radius 3 is 2.80 bits per heavy atom. The number of aryl methyl sites for hydroxylation is 2. The molecule has 0 unspecified atom stereocenters. The third-order valence-corrected chi connectivity index (χ3v) is 4.62. The molecule has 1 aliphatic rings. The lowest BCUT2D eigenvalue weighted by molar-refractivity contribution is 0.197. The molecule has 0 saturated carbocycles. The molecule has 0 radical (unpaired) electrons. The summed E-state index contributed by atoms with van der Waals surface area (Å²) in [6.07, 6.45) is 0. The summed E-state index contributed by atoms with van der Waals surface area (Å²) in [6.45, 7) is 10.2. The molecule has 6 heteroatoms. The Bertz CT molecular complexity index is 579. The molecule has 3 heterocycles. The van der Waals surface area contributed by atoms with Crippen molar-refractivity contribution in [1.29, 1.82) is 0 Å². The summed E-state index contributed by atoms with van der Waals surface area (Å²) in [4.78, 5) is 9.42. The zero-order valence-corrected chi connectivity index (χ0v) is 13.0. The summed E-state index contributed by atoms with van der Waals surface area (Å²) in [6, 6.07) is 2.49. The van der Waals surface area contributed by atoms with Crippen molar-refractivity contribution in [2.45, 2.75) is 33.4 Å². The lowest BCUT2D eigenvalue weighted by atomic mass is 10.2. The largest absolute Gasteiger partial charge is 0.360 e. The van der Waals surface area contributed by atoms with Gasteiger partial charge in [0.15, 0.2) is 10.9 Å². The van der Waals surface area contributed by atoms with Crippen molar-refractivity contribution in [3.63, 3.8) is 0 Å². The van der Waals surface area contributed by atoms with Crippen molar-refractivity contribution < 1.29 is 4.52 Å². The van der Waals surface area contributed by atoms with Crippen LogP contribution in [0.5, 0.6) is 0 Å². The van der Waals surface area contributed by atoms with Crippen LogP contribution in [0.4, 0.5) is 5.13 Å². The number of aromatic nitrogens is 2. The normalized spacial score (nSPS) is 20.6. The van der Waals surface area contributed by atoms with Crippen LogP contribution >= 0.6 is 11.3 Å². The number of hydrogen-bond acceptors (Lipinski definition) is 6. The first-order valence-electron chi connectivity index (χ1n) is 6.95. The molecule has 0 aliphatic carbocycles. The maximum Gasteiger partial charge on any atom is 0.185 e. The number of piperazine rings is 1. The van der Waals surface area contributed by atoms with Crippen LogP contribution in [0.2, 0.25) is 0 Å². The highest BCUT2D eigenvalue weighted by Crippen LogP contribution is 2.25. The summed E-state index contributed by atoms with van der Waals surface area (Å²) >= 11 is 1.74. The molecule has 5 nitrogen and oxygen atoms in total. The van der Waals surface area contributed by atoms with Crippen molar-refractivity contribution in [1.82, 2.24) is 15.0 Å². The summed E-state index contributed by atoms with van der Waals surface area (Å²) in [5.74, 6) is 0.952. The summed E-state index contributed by atoms with van der Waals surface area (Å²) in [7, 11) is 0. The van der Waals surface area contributed by atoms with E-state index in [9.17, 15) is 0 Å². The average molecular weight is 292 g/mol. The first kappa shape index (κ1) is 13.6. The van der Waals surface area contributed by atoms with Crippen LogP contribution in [0.3, 0.4) is 0 Å². The lowest BCUT2D eigenvalue weighted by Gasteiger charge is -2.39. The maximum atomic E-state index is 5.30. The second-order valence-corrected chi connectivity index (χ2v) is 6.32. The van der Waals surface area contributed by atoms with Crippen LogP contribution in [0.25, 0.3) is 0 Å². The molecule has 1 saturated heterocycles. The predicted octanol–water partition coefficient (Wildman–Crippen LogP) is 2.46. The lowest BCUT2D eigenvalue weighted by Crippen LogP contribution is -2.51. The SMILES string of the molecule is Cc1cc(CN2CCN(c3nc(C)cs3)[C@@H](C)C2)on1. The molecule has 2 aromatic heterocycles. The van der Waals surface area contributed by atoms with E-state index in [4.69, 9.17) is 4.52 Å². The Kier molecular flexibility index (Phi) is 3.76. The van der Waals surface area contributed by atoms with Gasteiger partial charge in [0.2, 0.25) is 0 Å². The second kappa shape index (κ2) is 5.54. The van der Waals surface area contributed by atoms with Crippen molar-refractivity contribution in [3.05, 3.63) is 28.6 Å². The van der Waals surface area contributed by atoms with E-state index in [-0.39, 0.29) is 0 Å². The van der Waals surface area contributed by atoms with Gasteiger partial charge in [-0.15, -0.1) is 11.3 Å². The maximum absolute atomic E-state index is 5.30. The molecule has 0 bridgehead atoms. The van der Waals surface area contributed by atoms with Gasteiger partial charge in [-0.05, 0) is 20.8 Å². The van der Waals surface area contributed by atoms with Crippen LogP contribution in [-0.2, 0) is 6.54 Å². The molecule has 20 heavy (non-hydrogen) atoms. The van der Waals surface area contributed by atoms with E-state index in [1.165, 1.54) is 0 Å². The Hall–Kier alpha value is -1.40. The van der Waals surface area contributed by atoms with Gasteiger partial charge in [-0.3, -0.25) is 4.90 Å². The fourth-order valence-electron chi connectivity index (χ4n) is 2.65. The molecule has 0 spiro atoms. The highest BCUT2D eigenvalue weighted by atomic mass is 32.1. The molecule has 0 amide bonds. The predicted molar refractivity (Wildman–Crippen MR) is 80.2 cm³/mol. The Morgan fingerprint density at radius 1 is 1.35 bits per heavy atom. The zero-order valence-electron chi connectivity index (χ0n) is 12.2. The van der Waals surface area contributed by atoms with E-state index < -0.39 is 0 Å². The fraction of sp³-hybridized carbons (Fsp3) is 0.571. The number of nitrogens with zero attached hydrogens (tertiary/aromatic N) is 4.